The van der Waals surface area contributed by atoms with Crippen LogP contribution < -0.4 is 5.73 Å². The highest BCUT2D eigenvalue weighted by Gasteiger charge is 2.29. The standard InChI is InChI=1S/C10H20N2O2/c1-7(2)8-5-12(6-8)4-3-9(11)10(13)14/h7-9H,3-6,11H2,1-2H3,(H,13,14). The summed E-state index contributed by atoms with van der Waals surface area (Å²) < 4.78 is 0. The lowest BCUT2D eigenvalue weighted by molar-refractivity contribution is -0.138. The first-order valence-corrected chi connectivity index (χ1v) is 5.21. The van der Waals surface area contributed by atoms with Gasteiger partial charge in [0.2, 0.25) is 0 Å². The predicted molar refractivity (Wildman–Crippen MR) is 55.0 cm³/mol. The number of hydrogen-bond acceptors (Lipinski definition) is 3. The van der Waals surface area contributed by atoms with Gasteiger partial charge in [0, 0.05) is 19.6 Å². The van der Waals surface area contributed by atoms with Crippen LogP contribution in [0.2, 0.25) is 0 Å². The Morgan fingerprint density at radius 2 is 2.14 bits per heavy atom. The van der Waals surface area contributed by atoms with Crippen molar-refractivity contribution in [3.05, 3.63) is 0 Å². The van der Waals surface area contributed by atoms with Crippen molar-refractivity contribution in [1.29, 1.82) is 0 Å². The Hall–Kier alpha value is -0.610. The molecule has 4 nitrogen and oxygen atoms in total. The molecule has 0 bridgehead atoms. The maximum Gasteiger partial charge on any atom is 0.320 e. The Kier molecular flexibility index (Phi) is 3.89. The van der Waals surface area contributed by atoms with Gasteiger partial charge in [-0.25, -0.2) is 0 Å². The van der Waals surface area contributed by atoms with Crippen molar-refractivity contribution >= 4 is 5.97 Å². The van der Waals surface area contributed by atoms with Crippen LogP contribution in [-0.2, 0) is 4.79 Å². The van der Waals surface area contributed by atoms with Crippen molar-refractivity contribution in [2.45, 2.75) is 26.3 Å². The lowest BCUT2D eigenvalue weighted by Crippen LogP contribution is -2.50. The van der Waals surface area contributed by atoms with E-state index in [1.165, 1.54) is 0 Å². The molecule has 1 aliphatic rings. The molecule has 1 aliphatic heterocycles. The van der Waals surface area contributed by atoms with Crippen molar-refractivity contribution < 1.29 is 9.90 Å². The van der Waals surface area contributed by atoms with E-state index in [1.54, 1.807) is 0 Å². The maximum atomic E-state index is 10.4. The predicted octanol–water partition coefficient (Wildman–Crippen LogP) is 0.376. The summed E-state index contributed by atoms with van der Waals surface area (Å²) in [6.45, 7) is 7.47. The molecule has 0 spiro atoms. The SMILES string of the molecule is CC(C)C1CN(CCC(N)C(=O)O)C1. The van der Waals surface area contributed by atoms with Gasteiger partial charge in [0.1, 0.15) is 6.04 Å². The van der Waals surface area contributed by atoms with Crippen LogP contribution in [0.3, 0.4) is 0 Å². The summed E-state index contributed by atoms with van der Waals surface area (Å²) in [5, 5.41) is 8.58. The van der Waals surface area contributed by atoms with E-state index in [0.717, 1.165) is 31.5 Å². The summed E-state index contributed by atoms with van der Waals surface area (Å²) >= 11 is 0. The second-order valence-electron chi connectivity index (χ2n) is 4.50. The fourth-order valence-corrected chi connectivity index (χ4v) is 1.66. The van der Waals surface area contributed by atoms with Gasteiger partial charge in [-0.15, -0.1) is 0 Å². The third kappa shape index (κ3) is 2.96. The van der Waals surface area contributed by atoms with Crippen molar-refractivity contribution in [2.24, 2.45) is 17.6 Å². The Labute approximate surface area is 85.1 Å². The molecule has 1 rings (SSSR count). The summed E-state index contributed by atoms with van der Waals surface area (Å²) in [5.74, 6) is 0.626. The molecule has 0 aromatic heterocycles. The highest BCUT2D eigenvalue weighted by atomic mass is 16.4. The van der Waals surface area contributed by atoms with Gasteiger partial charge in [-0.1, -0.05) is 13.8 Å². The second kappa shape index (κ2) is 4.75. The molecule has 0 aliphatic carbocycles. The highest BCUT2D eigenvalue weighted by Crippen LogP contribution is 2.23. The lowest BCUT2D eigenvalue weighted by atomic mass is 9.88. The van der Waals surface area contributed by atoms with Gasteiger partial charge >= 0.3 is 5.97 Å². The number of carboxylic acids is 1. The molecule has 0 radical (unpaired) electrons. The zero-order valence-corrected chi connectivity index (χ0v) is 8.94. The molecule has 1 saturated heterocycles. The zero-order valence-electron chi connectivity index (χ0n) is 8.94. The van der Waals surface area contributed by atoms with Crippen LogP contribution in [0.15, 0.2) is 0 Å². The molecule has 0 amide bonds. The highest BCUT2D eigenvalue weighted by molar-refractivity contribution is 5.72. The Morgan fingerprint density at radius 1 is 1.57 bits per heavy atom. The molecule has 0 aromatic rings. The van der Waals surface area contributed by atoms with Crippen LogP contribution in [-0.4, -0.2) is 41.7 Å². The maximum absolute atomic E-state index is 10.4. The first-order chi connectivity index (χ1) is 6.50. The van der Waals surface area contributed by atoms with E-state index in [0.29, 0.717) is 6.42 Å². The normalized spacial score (nSPS) is 20.9. The summed E-state index contributed by atoms with van der Waals surface area (Å²) in [7, 11) is 0. The average Bonchev–Trinajstić information content (AvgIpc) is 1.99. The minimum absolute atomic E-state index is 0.556. The number of carbonyl (C=O) groups is 1. The smallest absolute Gasteiger partial charge is 0.320 e. The van der Waals surface area contributed by atoms with E-state index in [1.807, 2.05) is 0 Å². The van der Waals surface area contributed by atoms with Crippen LogP contribution in [0.1, 0.15) is 20.3 Å². The van der Waals surface area contributed by atoms with Crippen molar-refractivity contribution in [3.8, 4) is 0 Å². The molecule has 0 saturated carbocycles. The van der Waals surface area contributed by atoms with E-state index in [-0.39, 0.29) is 0 Å². The molecule has 1 fully saturated rings. The van der Waals surface area contributed by atoms with Crippen LogP contribution in [0, 0.1) is 11.8 Å². The first kappa shape index (κ1) is 11.5. The Bertz CT molecular complexity index is 200. The van der Waals surface area contributed by atoms with E-state index in [9.17, 15) is 4.79 Å². The molecule has 3 N–H and O–H groups in total. The molecule has 4 heteroatoms. The summed E-state index contributed by atoms with van der Waals surface area (Å²) in [4.78, 5) is 12.7. The first-order valence-electron chi connectivity index (χ1n) is 5.21. The van der Waals surface area contributed by atoms with Gasteiger partial charge in [-0.05, 0) is 18.3 Å². The number of rotatable bonds is 5. The molecule has 1 atom stereocenters. The lowest BCUT2D eigenvalue weighted by Gasteiger charge is -2.41. The fraction of sp³-hybridized carbons (Fsp3) is 0.900. The second-order valence-corrected chi connectivity index (χ2v) is 4.50. The molecule has 1 unspecified atom stereocenters. The van der Waals surface area contributed by atoms with Crippen LogP contribution in [0.5, 0.6) is 0 Å². The van der Waals surface area contributed by atoms with Gasteiger partial charge in [-0.3, -0.25) is 4.79 Å². The number of nitrogens with two attached hydrogens (primary N) is 1. The third-order valence-electron chi connectivity index (χ3n) is 3.00. The Morgan fingerprint density at radius 3 is 2.57 bits per heavy atom. The number of carboxylic acid groups (broad SMARTS) is 1. The van der Waals surface area contributed by atoms with Gasteiger partial charge < -0.3 is 15.7 Å². The topological polar surface area (TPSA) is 66.6 Å². The monoisotopic (exact) mass is 200 g/mol. The van der Waals surface area contributed by atoms with Crippen LogP contribution >= 0.6 is 0 Å². The molecule has 82 valence electrons. The molecular formula is C10H20N2O2. The number of hydrogen-bond donors (Lipinski definition) is 2. The number of aliphatic carboxylic acids is 1. The Balaban J connectivity index is 2.09. The average molecular weight is 200 g/mol. The van der Waals surface area contributed by atoms with E-state index in [2.05, 4.69) is 18.7 Å². The molecule has 1 heterocycles. The van der Waals surface area contributed by atoms with E-state index < -0.39 is 12.0 Å². The van der Waals surface area contributed by atoms with Crippen LogP contribution in [0.4, 0.5) is 0 Å². The van der Waals surface area contributed by atoms with Gasteiger partial charge in [0.25, 0.3) is 0 Å². The van der Waals surface area contributed by atoms with Gasteiger partial charge in [0.15, 0.2) is 0 Å². The molecular weight excluding hydrogens is 180 g/mol. The van der Waals surface area contributed by atoms with Crippen molar-refractivity contribution in [2.75, 3.05) is 19.6 Å². The summed E-state index contributed by atoms with van der Waals surface area (Å²) in [5.41, 5.74) is 5.41. The fourth-order valence-electron chi connectivity index (χ4n) is 1.66. The summed E-state index contributed by atoms with van der Waals surface area (Å²) in [6.07, 6.45) is 0.556. The van der Waals surface area contributed by atoms with Gasteiger partial charge in [-0.2, -0.15) is 0 Å². The molecule has 0 aromatic carbocycles. The third-order valence-corrected chi connectivity index (χ3v) is 3.00. The largest absolute Gasteiger partial charge is 0.480 e. The van der Waals surface area contributed by atoms with Crippen molar-refractivity contribution in [1.82, 2.24) is 4.90 Å². The van der Waals surface area contributed by atoms with Gasteiger partial charge in [0.05, 0.1) is 0 Å². The van der Waals surface area contributed by atoms with Crippen molar-refractivity contribution in [3.63, 3.8) is 0 Å². The van der Waals surface area contributed by atoms with E-state index in [4.69, 9.17) is 10.8 Å². The molecule has 14 heavy (non-hydrogen) atoms. The van der Waals surface area contributed by atoms with E-state index >= 15 is 0 Å². The summed E-state index contributed by atoms with van der Waals surface area (Å²) in [6, 6.07) is -0.701. The zero-order chi connectivity index (χ0) is 10.7. The number of likely N-dealkylation sites (tertiary alicyclic amines) is 1. The quantitative estimate of drug-likeness (QED) is 0.673. The minimum atomic E-state index is -0.897. The number of nitrogens with zero attached hydrogens (tertiary/aromatic N) is 1. The van der Waals surface area contributed by atoms with Crippen LogP contribution in [0.25, 0.3) is 0 Å². The minimum Gasteiger partial charge on any atom is -0.480 e.